The molecule has 15 heavy (non-hydrogen) atoms. The Balaban J connectivity index is 0. The van der Waals surface area contributed by atoms with Crippen molar-refractivity contribution in [3.05, 3.63) is 35.9 Å². The molecule has 0 aliphatic rings. The second-order valence-corrected chi connectivity index (χ2v) is 4.34. The van der Waals surface area contributed by atoms with E-state index in [1.807, 2.05) is 12.1 Å². The van der Waals surface area contributed by atoms with Crippen LogP contribution in [-0.4, -0.2) is 14.7 Å². The van der Waals surface area contributed by atoms with E-state index in [1.54, 1.807) is 0 Å². The maximum atomic E-state index is 7.23. The van der Waals surface area contributed by atoms with Crippen molar-refractivity contribution in [2.45, 2.75) is 26.2 Å². The SMILES string of the molecule is CC(C)(C)c1cc[c-]cc1.OP(O)O.[Na+]. The first-order valence-corrected chi connectivity index (χ1v) is 5.37. The molecule has 0 saturated carbocycles. The number of hydrogen-bond donors (Lipinski definition) is 3. The maximum absolute atomic E-state index is 7.23. The van der Waals surface area contributed by atoms with E-state index in [1.165, 1.54) is 5.56 Å². The van der Waals surface area contributed by atoms with Crippen LogP contribution in [0.4, 0.5) is 0 Å². The Kier molecular flexibility index (Phi) is 10.3. The van der Waals surface area contributed by atoms with E-state index in [9.17, 15) is 0 Å². The average Bonchev–Trinajstić information content (AvgIpc) is 2.03. The van der Waals surface area contributed by atoms with Crippen molar-refractivity contribution in [3.63, 3.8) is 0 Å². The Morgan fingerprint density at radius 3 is 1.60 bits per heavy atom. The van der Waals surface area contributed by atoms with Crippen LogP contribution in [0.1, 0.15) is 26.3 Å². The average molecular weight is 238 g/mol. The molecular weight excluding hydrogens is 222 g/mol. The maximum Gasteiger partial charge on any atom is 1.00 e. The molecule has 0 aliphatic heterocycles. The Labute approximate surface area is 114 Å². The van der Waals surface area contributed by atoms with Gasteiger partial charge in [0, 0.05) is 0 Å². The van der Waals surface area contributed by atoms with E-state index >= 15 is 0 Å². The third-order valence-electron chi connectivity index (χ3n) is 1.58. The van der Waals surface area contributed by atoms with Crippen molar-refractivity contribution in [2.24, 2.45) is 0 Å². The minimum atomic E-state index is -2.62. The summed E-state index contributed by atoms with van der Waals surface area (Å²) in [5, 5.41) is 0. The molecule has 0 unspecified atom stereocenters. The van der Waals surface area contributed by atoms with Crippen molar-refractivity contribution < 1.29 is 44.2 Å². The summed E-state index contributed by atoms with van der Waals surface area (Å²) in [6, 6.07) is 11.1. The van der Waals surface area contributed by atoms with E-state index in [0.29, 0.717) is 0 Å². The zero-order valence-electron chi connectivity index (χ0n) is 9.60. The summed E-state index contributed by atoms with van der Waals surface area (Å²) in [4.78, 5) is 21.7. The van der Waals surface area contributed by atoms with Gasteiger partial charge in [-0.05, 0) is 5.41 Å². The fourth-order valence-electron chi connectivity index (χ4n) is 0.887. The molecule has 1 aromatic rings. The van der Waals surface area contributed by atoms with E-state index < -0.39 is 8.60 Å². The molecule has 0 spiro atoms. The van der Waals surface area contributed by atoms with Crippen LogP contribution < -0.4 is 29.6 Å². The van der Waals surface area contributed by atoms with Crippen LogP contribution in [0.25, 0.3) is 0 Å². The summed E-state index contributed by atoms with van der Waals surface area (Å²) in [5.41, 5.74) is 1.64. The molecular formula is C10H16NaO3P. The number of rotatable bonds is 0. The van der Waals surface area contributed by atoms with Crippen molar-refractivity contribution in [2.75, 3.05) is 0 Å². The van der Waals surface area contributed by atoms with Crippen LogP contribution in [0.2, 0.25) is 0 Å². The molecule has 0 radical (unpaired) electrons. The first-order valence-electron chi connectivity index (χ1n) is 4.17. The molecule has 5 heteroatoms. The van der Waals surface area contributed by atoms with Gasteiger partial charge < -0.3 is 14.7 Å². The van der Waals surface area contributed by atoms with Crippen LogP contribution in [0.15, 0.2) is 24.3 Å². The van der Waals surface area contributed by atoms with Gasteiger partial charge in [0.15, 0.2) is 0 Å². The Hall–Kier alpha value is 0.530. The summed E-state index contributed by atoms with van der Waals surface area (Å²) >= 11 is 0. The monoisotopic (exact) mass is 238 g/mol. The molecule has 0 heterocycles. The van der Waals surface area contributed by atoms with E-state index in [2.05, 4.69) is 39.0 Å². The minimum absolute atomic E-state index is 0. The van der Waals surface area contributed by atoms with Gasteiger partial charge in [0.1, 0.15) is 0 Å². The molecule has 0 fully saturated rings. The quantitative estimate of drug-likeness (QED) is 0.308. The molecule has 1 aromatic carbocycles. The summed E-state index contributed by atoms with van der Waals surface area (Å²) < 4.78 is 0. The van der Waals surface area contributed by atoms with Gasteiger partial charge in [0.05, 0.1) is 0 Å². The predicted molar refractivity (Wildman–Crippen MR) is 57.6 cm³/mol. The minimum Gasteiger partial charge on any atom is -0.328 e. The van der Waals surface area contributed by atoms with Gasteiger partial charge in [-0.3, -0.25) is 0 Å². The molecule has 0 aromatic heterocycles. The Morgan fingerprint density at radius 1 is 1.07 bits per heavy atom. The topological polar surface area (TPSA) is 60.7 Å². The van der Waals surface area contributed by atoms with Gasteiger partial charge in [0.25, 0.3) is 0 Å². The van der Waals surface area contributed by atoms with E-state index in [-0.39, 0.29) is 35.0 Å². The zero-order valence-corrected chi connectivity index (χ0v) is 12.5. The summed E-state index contributed by atoms with van der Waals surface area (Å²) in [5.74, 6) is 0. The fourth-order valence-corrected chi connectivity index (χ4v) is 0.887. The van der Waals surface area contributed by atoms with Crippen LogP contribution in [0.3, 0.4) is 0 Å². The normalized spacial score (nSPS) is 10.1. The van der Waals surface area contributed by atoms with Crippen LogP contribution in [0, 0.1) is 6.07 Å². The van der Waals surface area contributed by atoms with Crippen LogP contribution in [0.5, 0.6) is 0 Å². The van der Waals surface area contributed by atoms with Gasteiger partial charge in [-0.1, -0.05) is 20.8 Å². The smallest absolute Gasteiger partial charge is 0.328 e. The number of hydrogen-bond acceptors (Lipinski definition) is 3. The third kappa shape index (κ3) is 10.8. The molecule has 0 aliphatic carbocycles. The van der Waals surface area contributed by atoms with Gasteiger partial charge in [-0.15, -0.1) is 0 Å². The zero-order chi connectivity index (χ0) is 11.2. The third-order valence-corrected chi connectivity index (χ3v) is 1.58. The molecule has 1 rings (SSSR count). The fraction of sp³-hybridized carbons (Fsp3) is 0.400. The molecule has 0 bridgehead atoms. The second-order valence-electron chi connectivity index (χ2n) is 3.81. The standard InChI is InChI=1S/C10H13.Na.H3O3P/c1-10(2,3)9-7-5-4-6-8-9;;1-4(2)3/h5-8H,1-3H3;;1-3H/q-1;+1;. The molecule has 80 valence electrons. The molecule has 0 atom stereocenters. The number of benzene rings is 1. The van der Waals surface area contributed by atoms with E-state index in [4.69, 9.17) is 14.7 Å². The van der Waals surface area contributed by atoms with Gasteiger partial charge in [0.2, 0.25) is 0 Å². The Bertz CT molecular complexity index is 244. The Morgan fingerprint density at radius 2 is 1.40 bits per heavy atom. The summed E-state index contributed by atoms with van der Waals surface area (Å²) in [6.45, 7) is 6.63. The van der Waals surface area contributed by atoms with E-state index in [0.717, 1.165) is 0 Å². The van der Waals surface area contributed by atoms with Crippen molar-refractivity contribution in [1.82, 2.24) is 0 Å². The van der Waals surface area contributed by atoms with Gasteiger partial charge >= 0.3 is 38.2 Å². The molecule has 3 nitrogen and oxygen atoms in total. The molecule has 3 N–H and O–H groups in total. The van der Waals surface area contributed by atoms with Gasteiger partial charge in [-0.2, -0.15) is 35.9 Å². The predicted octanol–water partition coefficient (Wildman–Crippen LogP) is -1.02. The second kappa shape index (κ2) is 8.66. The van der Waals surface area contributed by atoms with Crippen LogP contribution in [-0.2, 0) is 5.41 Å². The largest absolute Gasteiger partial charge is 1.00 e. The summed E-state index contributed by atoms with van der Waals surface area (Å²) in [6.07, 6.45) is 0. The summed E-state index contributed by atoms with van der Waals surface area (Å²) in [7, 11) is -2.62. The first-order chi connectivity index (χ1) is 6.34. The first kappa shape index (κ1) is 17.9. The van der Waals surface area contributed by atoms with Crippen molar-refractivity contribution in [1.29, 1.82) is 0 Å². The van der Waals surface area contributed by atoms with Crippen molar-refractivity contribution in [3.8, 4) is 0 Å². The molecule has 0 saturated heterocycles. The van der Waals surface area contributed by atoms with Crippen molar-refractivity contribution >= 4 is 8.60 Å². The molecule has 0 amide bonds. The van der Waals surface area contributed by atoms with Crippen LogP contribution >= 0.6 is 8.60 Å². The van der Waals surface area contributed by atoms with Gasteiger partial charge in [-0.25, -0.2) is 0 Å².